The molecule has 0 fully saturated rings. The first-order valence-corrected chi connectivity index (χ1v) is 5.56. The molecule has 1 rings (SSSR count). The summed E-state index contributed by atoms with van der Waals surface area (Å²) in [6.45, 7) is 6.53. The van der Waals surface area contributed by atoms with Gasteiger partial charge in [-0.25, -0.2) is 0 Å². The minimum atomic E-state index is -0.142. The largest absolute Gasteiger partial charge is 0.493 e. The summed E-state index contributed by atoms with van der Waals surface area (Å²) >= 11 is 0. The van der Waals surface area contributed by atoms with Crippen molar-refractivity contribution in [3.63, 3.8) is 0 Å². The predicted molar refractivity (Wildman–Crippen MR) is 69.9 cm³/mol. The minimum Gasteiger partial charge on any atom is -0.493 e. The fraction of sp³-hybridized carbons (Fsp3) is 0.214. The van der Waals surface area contributed by atoms with Crippen molar-refractivity contribution in [1.82, 2.24) is 5.32 Å². The summed E-state index contributed by atoms with van der Waals surface area (Å²) in [6.07, 6.45) is 4.87. The maximum absolute atomic E-state index is 11.4. The topological polar surface area (TPSA) is 38.3 Å². The number of carbonyl (C=O) groups is 1. The van der Waals surface area contributed by atoms with E-state index in [0.717, 1.165) is 11.3 Å². The molecule has 3 heteroatoms. The first-order chi connectivity index (χ1) is 8.27. The van der Waals surface area contributed by atoms with Crippen LogP contribution in [-0.4, -0.2) is 19.1 Å². The Balaban J connectivity index is 2.69. The van der Waals surface area contributed by atoms with Gasteiger partial charge in [-0.3, -0.25) is 4.79 Å². The molecule has 0 aliphatic rings. The van der Waals surface area contributed by atoms with Crippen molar-refractivity contribution in [3.05, 3.63) is 48.6 Å². The molecule has 0 heterocycles. The lowest BCUT2D eigenvalue weighted by atomic mass is 10.2. The molecule has 3 nitrogen and oxygen atoms in total. The lowest BCUT2D eigenvalue weighted by Gasteiger charge is -2.06. The number of para-hydroxylation sites is 1. The maximum Gasteiger partial charge on any atom is 0.244 e. The van der Waals surface area contributed by atoms with E-state index in [0.29, 0.717) is 13.2 Å². The van der Waals surface area contributed by atoms with Gasteiger partial charge in [-0.1, -0.05) is 24.3 Å². The van der Waals surface area contributed by atoms with Crippen LogP contribution in [0.1, 0.15) is 12.5 Å². The molecular weight excluding hydrogens is 214 g/mol. The third-order valence-electron chi connectivity index (χ3n) is 2.05. The van der Waals surface area contributed by atoms with Crippen LogP contribution in [0.15, 0.2) is 43.0 Å². The number of ether oxygens (including phenoxy) is 1. The highest BCUT2D eigenvalue weighted by Gasteiger charge is 1.99. The van der Waals surface area contributed by atoms with Crippen LogP contribution < -0.4 is 10.1 Å². The number of benzene rings is 1. The highest BCUT2D eigenvalue weighted by Crippen LogP contribution is 2.19. The fourth-order valence-electron chi connectivity index (χ4n) is 1.30. The molecule has 1 N–H and O–H groups in total. The molecular formula is C14H17NO2. The van der Waals surface area contributed by atoms with E-state index in [2.05, 4.69) is 11.9 Å². The van der Waals surface area contributed by atoms with Crippen molar-refractivity contribution in [2.75, 3.05) is 13.2 Å². The lowest BCUT2D eigenvalue weighted by Crippen LogP contribution is -2.20. The van der Waals surface area contributed by atoms with E-state index < -0.39 is 0 Å². The second kappa shape index (κ2) is 7.28. The number of amides is 1. The Morgan fingerprint density at radius 2 is 2.24 bits per heavy atom. The van der Waals surface area contributed by atoms with E-state index in [9.17, 15) is 4.79 Å². The summed E-state index contributed by atoms with van der Waals surface area (Å²) in [5.41, 5.74) is 0.892. The molecule has 1 aromatic carbocycles. The molecule has 0 aromatic heterocycles. The summed E-state index contributed by atoms with van der Waals surface area (Å²) in [7, 11) is 0. The van der Waals surface area contributed by atoms with Crippen LogP contribution >= 0.6 is 0 Å². The number of rotatable bonds is 6. The van der Waals surface area contributed by atoms with E-state index >= 15 is 0 Å². The molecule has 0 radical (unpaired) electrons. The predicted octanol–water partition coefficient (Wildman–Crippen LogP) is 2.40. The fourth-order valence-corrected chi connectivity index (χ4v) is 1.30. The average Bonchev–Trinajstić information content (AvgIpc) is 2.35. The van der Waals surface area contributed by atoms with Crippen LogP contribution in [0.2, 0.25) is 0 Å². The molecule has 0 spiro atoms. The van der Waals surface area contributed by atoms with Crippen molar-refractivity contribution in [2.45, 2.75) is 6.92 Å². The van der Waals surface area contributed by atoms with Crippen molar-refractivity contribution >= 4 is 12.0 Å². The van der Waals surface area contributed by atoms with Gasteiger partial charge in [-0.05, 0) is 19.1 Å². The highest BCUT2D eigenvalue weighted by molar-refractivity contribution is 5.92. The lowest BCUT2D eigenvalue weighted by molar-refractivity contribution is -0.116. The van der Waals surface area contributed by atoms with Gasteiger partial charge in [0.05, 0.1) is 6.61 Å². The Hall–Kier alpha value is -2.03. The molecule has 90 valence electrons. The Kier molecular flexibility index (Phi) is 5.58. The van der Waals surface area contributed by atoms with Gasteiger partial charge in [0, 0.05) is 18.2 Å². The Morgan fingerprint density at radius 1 is 1.47 bits per heavy atom. The van der Waals surface area contributed by atoms with E-state index in [1.54, 1.807) is 12.2 Å². The summed E-state index contributed by atoms with van der Waals surface area (Å²) < 4.78 is 5.45. The zero-order chi connectivity index (χ0) is 12.5. The van der Waals surface area contributed by atoms with Crippen LogP contribution in [0.5, 0.6) is 5.75 Å². The Bertz CT molecular complexity index is 410. The summed E-state index contributed by atoms with van der Waals surface area (Å²) in [5, 5.41) is 2.67. The third-order valence-corrected chi connectivity index (χ3v) is 2.05. The van der Waals surface area contributed by atoms with Gasteiger partial charge < -0.3 is 10.1 Å². The van der Waals surface area contributed by atoms with Crippen molar-refractivity contribution in [1.29, 1.82) is 0 Å². The second-order valence-electron chi connectivity index (χ2n) is 3.34. The highest BCUT2D eigenvalue weighted by atomic mass is 16.5. The zero-order valence-corrected chi connectivity index (χ0v) is 9.98. The van der Waals surface area contributed by atoms with Crippen LogP contribution in [0.25, 0.3) is 6.08 Å². The van der Waals surface area contributed by atoms with Gasteiger partial charge in [0.25, 0.3) is 0 Å². The second-order valence-corrected chi connectivity index (χ2v) is 3.34. The normalized spacial score (nSPS) is 10.2. The van der Waals surface area contributed by atoms with Crippen molar-refractivity contribution in [2.24, 2.45) is 0 Å². The van der Waals surface area contributed by atoms with E-state index in [1.165, 1.54) is 6.08 Å². The van der Waals surface area contributed by atoms with Gasteiger partial charge in [0.15, 0.2) is 0 Å². The summed E-state index contributed by atoms with van der Waals surface area (Å²) in [6, 6.07) is 7.59. The number of hydrogen-bond donors (Lipinski definition) is 1. The monoisotopic (exact) mass is 231 g/mol. The summed E-state index contributed by atoms with van der Waals surface area (Å²) in [5.74, 6) is 0.638. The number of nitrogens with one attached hydrogen (secondary N) is 1. The molecule has 1 aromatic rings. The van der Waals surface area contributed by atoms with Crippen molar-refractivity contribution < 1.29 is 9.53 Å². The number of hydrogen-bond acceptors (Lipinski definition) is 2. The van der Waals surface area contributed by atoms with Crippen LogP contribution in [0.3, 0.4) is 0 Å². The maximum atomic E-state index is 11.4. The third kappa shape index (κ3) is 4.55. The molecule has 0 aliphatic heterocycles. The van der Waals surface area contributed by atoms with Crippen LogP contribution in [0.4, 0.5) is 0 Å². The van der Waals surface area contributed by atoms with Gasteiger partial charge in [-0.15, -0.1) is 6.58 Å². The van der Waals surface area contributed by atoms with Gasteiger partial charge >= 0.3 is 0 Å². The van der Waals surface area contributed by atoms with Crippen molar-refractivity contribution in [3.8, 4) is 5.75 Å². The van der Waals surface area contributed by atoms with Gasteiger partial charge in [0.1, 0.15) is 5.75 Å². The average molecular weight is 231 g/mol. The van der Waals surface area contributed by atoms with E-state index in [4.69, 9.17) is 4.74 Å². The zero-order valence-electron chi connectivity index (χ0n) is 9.98. The van der Waals surface area contributed by atoms with E-state index in [1.807, 2.05) is 31.2 Å². The molecule has 0 atom stereocenters. The first-order valence-electron chi connectivity index (χ1n) is 5.56. The molecule has 0 unspecified atom stereocenters. The molecule has 0 bridgehead atoms. The SMILES string of the molecule is C=CCNC(=O)C=Cc1ccccc1OCC. The van der Waals surface area contributed by atoms with Gasteiger partial charge in [-0.2, -0.15) is 0 Å². The molecule has 0 saturated heterocycles. The Labute approximate surface area is 102 Å². The molecule has 1 amide bonds. The Morgan fingerprint density at radius 3 is 2.94 bits per heavy atom. The van der Waals surface area contributed by atoms with Gasteiger partial charge in [0.2, 0.25) is 5.91 Å². The van der Waals surface area contributed by atoms with Crippen LogP contribution in [-0.2, 0) is 4.79 Å². The standard InChI is InChI=1S/C14H17NO2/c1-3-11-15-14(16)10-9-12-7-5-6-8-13(12)17-4-2/h3,5-10H,1,4,11H2,2H3,(H,15,16). The molecule has 0 aliphatic carbocycles. The van der Waals surface area contributed by atoms with E-state index in [-0.39, 0.29) is 5.91 Å². The smallest absolute Gasteiger partial charge is 0.244 e. The number of carbonyl (C=O) groups excluding carboxylic acids is 1. The molecule has 17 heavy (non-hydrogen) atoms. The minimum absolute atomic E-state index is 0.142. The summed E-state index contributed by atoms with van der Waals surface area (Å²) in [4.78, 5) is 11.4. The first kappa shape index (κ1) is 13.0. The quantitative estimate of drug-likeness (QED) is 0.603. The van der Waals surface area contributed by atoms with Crippen LogP contribution in [0, 0.1) is 0 Å². The molecule has 0 saturated carbocycles.